The van der Waals surface area contributed by atoms with E-state index in [1.807, 2.05) is 19.2 Å². The second-order valence-corrected chi connectivity index (χ2v) is 5.35. The fourth-order valence-electron chi connectivity index (χ4n) is 2.23. The molecule has 0 amide bonds. The predicted molar refractivity (Wildman–Crippen MR) is 72.9 cm³/mol. The third kappa shape index (κ3) is 2.50. The zero-order valence-corrected chi connectivity index (χ0v) is 11.6. The molecule has 0 aromatic heterocycles. The van der Waals surface area contributed by atoms with Gasteiger partial charge in [-0.15, -0.1) is 0 Å². The molecular weight excluding hydrogens is 286 g/mol. The smallest absolute Gasteiger partial charge is 0.0544 e. The number of likely N-dealkylation sites (N-methyl/N-ethyl adjacent to an activating group) is 1. The second-order valence-electron chi connectivity index (χ2n) is 4.06. The maximum Gasteiger partial charge on any atom is 0.0544 e. The van der Waals surface area contributed by atoms with E-state index in [0.29, 0.717) is 6.04 Å². The number of halogens is 2. The molecule has 1 aromatic carbocycles. The highest BCUT2D eigenvalue weighted by molar-refractivity contribution is 9.10. The van der Waals surface area contributed by atoms with Crippen molar-refractivity contribution in [2.45, 2.75) is 25.3 Å². The van der Waals surface area contributed by atoms with Crippen molar-refractivity contribution >= 4 is 27.5 Å². The summed E-state index contributed by atoms with van der Waals surface area (Å²) >= 11 is 9.54. The molecule has 3 heteroatoms. The van der Waals surface area contributed by atoms with Gasteiger partial charge in [-0.25, -0.2) is 0 Å². The van der Waals surface area contributed by atoms with Crippen LogP contribution in [0.5, 0.6) is 0 Å². The molecule has 0 radical (unpaired) electrons. The van der Waals surface area contributed by atoms with Crippen molar-refractivity contribution in [2.24, 2.45) is 0 Å². The largest absolute Gasteiger partial charge is 0.310 e. The maximum atomic E-state index is 5.96. The van der Waals surface area contributed by atoms with E-state index in [4.69, 9.17) is 11.6 Å². The molecule has 1 unspecified atom stereocenters. The molecule has 0 spiro atoms. The number of hydrogen-bond donors (Lipinski definition) is 1. The van der Waals surface area contributed by atoms with Gasteiger partial charge in [0.2, 0.25) is 0 Å². The summed E-state index contributed by atoms with van der Waals surface area (Å²) in [7, 11) is 2.00. The SMILES string of the molecule is CNC(C1=CCCC1)c1ccc(Cl)cc1Br. The zero-order valence-electron chi connectivity index (χ0n) is 9.26. The quantitative estimate of drug-likeness (QED) is 0.812. The number of nitrogens with one attached hydrogen (secondary N) is 1. The van der Waals surface area contributed by atoms with Crippen molar-refractivity contribution in [1.29, 1.82) is 0 Å². The van der Waals surface area contributed by atoms with E-state index in [9.17, 15) is 0 Å². The van der Waals surface area contributed by atoms with Crippen molar-refractivity contribution in [3.8, 4) is 0 Å². The number of allylic oxidation sites excluding steroid dienone is 1. The van der Waals surface area contributed by atoms with Crippen LogP contribution in [-0.2, 0) is 0 Å². The van der Waals surface area contributed by atoms with E-state index in [2.05, 4.69) is 33.4 Å². The van der Waals surface area contributed by atoms with Crippen LogP contribution in [0.15, 0.2) is 34.3 Å². The summed E-state index contributed by atoms with van der Waals surface area (Å²) in [5, 5.41) is 4.15. The Balaban J connectivity index is 2.32. The standard InChI is InChI=1S/C13H15BrClN/c1-16-13(9-4-2-3-5-9)11-7-6-10(15)8-12(11)14/h4,6-8,13,16H,2-3,5H2,1H3. The average Bonchev–Trinajstić information content (AvgIpc) is 2.75. The Hall–Kier alpha value is -0.310. The fraction of sp³-hybridized carbons (Fsp3) is 0.385. The van der Waals surface area contributed by atoms with Crippen molar-refractivity contribution in [1.82, 2.24) is 5.32 Å². The summed E-state index contributed by atoms with van der Waals surface area (Å²) in [6.45, 7) is 0. The van der Waals surface area contributed by atoms with Gasteiger partial charge in [-0.2, -0.15) is 0 Å². The lowest BCUT2D eigenvalue weighted by Gasteiger charge is -2.20. The Labute approximate surface area is 110 Å². The summed E-state index contributed by atoms with van der Waals surface area (Å²) < 4.78 is 1.08. The molecule has 1 aliphatic carbocycles. The summed E-state index contributed by atoms with van der Waals surface area (Å²) in [5.41, 5.74) is 2.76. The highest BCUT2D eigenvalue weighted by Gasteiger charge is 2.19. The lowest BCUT2D eigenvalue weighted by Crippen LogP contribution is -2.18. The second kappa shape index (κ2) is 5.35. The molecular formula is C13H15BrClN. The molecule has 1 aliphatic rings. The molecule has 1 nitrogen and oxygen atoms in total. The van der Waals surface area contributed by atoms with Gasteiger partial charge in [0.05, 0.1) is 6.04 Å². The minimum Gasteiger partial charge on any atom is -0.310 e. The van der Waals surface area contributed by atoms with Crippen LogP contribution in [0.1, 0.15) is 30.9 Å². The molecule has 1 atom stereocenters. The molecule has 0 saturated heterocycles. The van der Waals surface area contributed by atoms with Gasteiger partial charge < -0.3 is 5.32 Å². The van der Waals surface area contributed by atoms with Gasteiger partial charge in [0, 0.05) is 9.50 Å². The van der Waals surface area contributed by atoms with E-state index >= 15 is 0 Å². The Morgan fingerprint density at radius 3 is 2.81 bits per heavy atom. The Morgan fingerprint density at radius 2 is 2.25 bits per heavy atom. The Morgan fingerprint density at radius 1 is 1.44 bits per heavy atom. The molecule has 2 rings (SSSR count). The number of benzene rings is 1. The first-order chi connectivity index (χ1) is 7.72. The number of rotatable bonds is 3. The van der Waals surface area contributed by atoms with Gasteiger partial charge in [0.1, 0.15) is 0 Å². The molecule has 16 heavy (non-hydrogen) atoms. The van der Waals surface area contributed by atoms with E-state index in [0.717, 1.165) is 9.50 Å². The minimum absolute atomic E-state index is 0.314. The summed E-state index contributed by atoms with van der Waals surface area (Å²) in [6.07, 6.45) is 6.03. The molecule has 0 bridgehead atoms. The summed E-state index contributed by atoms with van der Waals surface area (Å²) in [4.78, 5) is 0. The van der Waals surface area contributed by atoms with Crippen molar-refractivity contribution in [3.05, 3.63) is 44.9 Å². The number of hydrogen-bond acceptors (Lipinski definition) is 1. The van der Waals surface area contributed by atoms with Crippen LogP contribution in [0.2, 0.25) is 5.02 Å². The van der Waals surface area contributed by atoms with Crippen LogP contribution in [0.25, 0.3) is 0 Å². The van der Waals surface area contributed by atoms with Crippen LogP contribution in [0, 0.1) is 0 Å². The first kappa shape index (κ1) is 12.2. The molecule has 86 valence electrons. The van der Waals surface area contributed by atoms with Gasteiger partial charge in [-0.05, 0) is 44.0 Å². The fourth-order valence-corrected chi connectivity index (χ4v) is 3.15. The topological polar surface area (TPSA) is 12.0 Å². The van der Waals surface area contributed by atoms with Crippen molar-refractivity contribution < 1.29 is 0 Å². The molecule has 1 N–H and O–H groups in total. The monoisotopic (exact) mass is 299 g/mol. The van der Waals surface area contributed by atoms with Gasteiger partial charge in [-0.1, -0.05) is 45.2 Å². The molecule has 0 heterocycles. The van der Waals surface area contributed by atoms with Crippen LogP contribution in [0.4, 0.5) is 0 Å². The van der Waals surface area contributed by atoms with Gasteiger partial charge in [0.15, 0.2) is 0 Å². The zero-order chi connectivity index (χ0) is 11.5. The highest BCUT2D eigenvalue weighted by Crippen LogP contribution is 2.34. The lowest BCUT2D eigenvalue weighted by atomic mass is 9.98. The Bertz CT molecular complexity index is 414. The van der Waals surface area contributed by atoms with Gasteiger partial charge >= 0.3 is 0 Å². The first-order valence-corrected chi connectivity index (χ1v) is 6.70. The van der Waals surface area contributed by atoms with Crippen LogP contribution >= 0.6 is 27.5 Å². The van der Waals surface area contributed by atoms with E-state index < -0.39 is 0 Å². The van der Waals surface area contributed by atoms with Gasteiger partial charge in [-0.3, -0.25) is 0 Å². The third-order valence-corrected chi connectivity index (χ3v) is 3.93. The van der Waals surface area contributed by atoms with E-state index in [-0.39, 0.29) is 0 Å². The minimum atomic E-state index is 0.314. The molecule has 0 saturated carbocycles. The van der Waals surface area contributed by atoms with Crippen LogP contribution < -0.4 is 5.32 Å². The van der Waals surface area contributed by atoms with E-state index in [1.54, 1.807) is 0 Å². The first-order valence-electron chi connectivity index (χ1n) is 5.53. The van der Waals surface area contributed by atoms with Crippen LogP contribution in [-0.4, -0.2) is 7.05 Å². The molecule has 1 aromatic rings. The maximum absolute atomic E-state index is 5.96. The normalized spacial score (nSPS) is 17.3. The predicted octanol–water partition coefficient (Wildman–Crippen LogP) is 4.47. The van der Waals surface area contributed by atoms with Gasteiger partial charge in [0.25, 0.3) is 0 Å². The summed E-state index contributed by atoms with van der Waals surface area (Å²) in [6, 6.07) is 6.31. The van der Waals surface area contributed by atoms with Crippen LogP contribution in [0.3, 0.4) is 0 Å². The lowest BCUT2D eigenvalue weighted by molar-refractivity contribution is 0.653. The molecule has 0 fully saturated rings. The Kier molecular flexibility index (Phi) is 4.06. The highest BCUT2D eigenvalue weighted by atomic mass is 79.9. The third-order valence-electron chi connectivity index (χ3n) is 3.01. The van der Waals surface area contributed by atoms with Crippen molar-refractivity contribution in [2.75, 3.05) is 7.05 Å². The summed E-state index contributed by atoms with van der Waals surface area (Å²) in [5.74, 6) is 0. The van der Waals surface area contributed by atoms with Crippen molar-refractivity contribution in [3.63, 3.8) is 0 Å². The molecule has 0 aliphatic heterocycles. The average molecular weight is 301 g/mol. The van der Waals surface area contributed by atoms with E-state index in [1.165, 1.54) is 30.4 Å².